The standard InChI is InChI=1S/C25H37N3O4.C3H6O2/c1-4-6-7-8-10-18(5-2)26-25-21(15-29)20-11-9-12-32-16-17-13-19(31-3)14-22(30)23(17)24(20)27-28-25;1-2-5-3-4/h13-14,18,29-30H,4-12,15-16H2,1-3H3,(H,26,28);3H,2H2,1H3/t18-;/m0./s1. The second-order valence-corrected chi connectivity index (χ2v) is 9.00. The van der Waals surface area contributed by atoms with E-state index >= 15 is 0 Å². The summed E-state index contributed by atoms with van der Waals surface area (Å²) in [6.07, 6.45) is 8.42. The highest BCUT2D eigenvalue weighted by atomic mass is 16.5. The number of aliphatic hydroxyl groups is 1. The molecule has 0 saturated heterocycles. The van der Waals surface area contributed by atoms with E-state index in [0.29, 0.717) is 55.5 Å². The first-order valence-electron chi connectivity index (χ1n) is 13.3. The predicted molar refractivity (Wildman–Crippen MR) is 144 cm³/mol. The third kappa shape index (κ3) is 8.86. The number of fused-ring (bicyclic) bond motifs is 3. The van der Waals surface area contributed by atoms with Crippen molar-refractivity contribution < 1.29 is 29.2 Å². The molecule has 37 heavy (non-hydrogen) atoms. The van der Waals surface area contributed by atoms with Crippen LogP contribution in [0.1, 0.15) is 82.4 Å². The highest BCUT2D eigenvalue weighted by Crippen LogP contribution is 2.40. The van der Waals surface area contributed by atoms with Crippen LogP contribution >= 0.6 is 0 Å². The molecule has 1 aliphatic rings. The molecule has 2 heterocycles. The second-order valence-electron chi connectivity index (χ2n) is 9.00. The zero-order chi connectivity index (χ0) is 27.0. The molecule has 3 N–H and O–H groups in total. The van der Waals surface area contributed by atoms with Gasteiger partial charge in [0.25, 0.3) is 6.47 Å². The summed E-state index contributed by atoms with van der Waals surface area (Å²) in [6, 6.07) is 3.73. The largest absolute Gasteiger partial charge is 0.507 e. The Bertz CT molecular complexity index is 969. The van der Waals surface area contributed by atoms with Crippen molar-refractivity contribution in [2.24, 2.45) is 0 Å². The third-order valence-electron chi connectivity index (χ3n) is 6.44. The molecule has 0 unspecified atom stereocenters. The van der Waals surface area contributed by atoms with Crippen LogP contribution in [0.15, 0.2) is 12.1 Å². The number of ether oxygens (including phenoxy) is 3. The van der Waals surface area contributed by atoms with Gasteiger partial charge in [0, 0.05) is 29.8 Å². The quantitative estimate of drug-likeness (QED) is 0.259. The van der Waals surface area contributed by atoms with Gasteiger partial charge < -0.3 is 29.7 Å². The van der Waals surface area contributed by atoms with Crippen LogP contribution < -0.4 is 10.1 Å². The van der Waals surface area contributed by atoms with Gasteiger partial charge >= 0.3 is 0 Å². The summed E-state index contributed by atoms with van der Waals surface area (Å²) in [5, 5.41) is 33.7. The molecule has 206 valence electrons. The molecular weight excluding hydrogens is 474 g/mol. The highest BCUT2D eigenvalue weighted by molar-refractivity contribution is 5.76. The molecule has 1 aliphatic heterocycles. The number of carbonyl (C=O) groups is 1. The molecule has 9 nitrogen and oxygen atoms in total. The lowest BCUT2D eigenvalue weighted by molar-refractivity contribution is -0.128. The predicted octanol–water partition coefficient (Wildman–Crippen LogP) is 5.15. The maximum absolute atomic E-state index is 10.8. The minimum absolute atomic E-state index is 0.0763. The maximum Gasteiger partial charge on any atom is 0.293 e. The lowest BCUT2D eigenvalue weighted by atomic mass is 9.94. The number of anilines is 1. The van der Waals surface area contributed by atoms with Gasteiger partial charge in [-0.2, -0.15) is 0 Å². The van der Waals surface area contributed by atoms with Gasteiger partial charge in [0.05, 0.1) is 26.9 Å². The van der Waals surface area contributed by atoms with Crippen LogP contribution in [0.3, 0.4) is 0 Å². The number of methoxy groups -OCH3 is 1. The molecule has 1 atom stereocenters. The number of unbranched alkanes of at least 4 members (excludes halogenated alkanes) is 3. The van der Waals surface area contributed by atoms with Gasteiger partial charge in [-0.15, -0.1) is 10.2 Å². The molecule has 0 saturated carbocycles. The van der Waals surface area contributed by atoms with Crippen LogP contribution in [0.4, 0.5) is 5.82 Å². The van der Waals surface area contributed by atoms with Crippen LogP contribution in [0, 0.1) is 0 Å². The number of rotatable bonds is 12. The van der Waals surface area contributed by atoms with E-state index in [1.54, 1.807) is 20.1 Å². The van der Waals surface area contributed by atoms with Gasteiger partial charge in [-0.3, -0.25) is 4.79 Å². The van der Waals surface area contributed by atoms with E-state index in [9.17, 15) is 15.0 Å². The number of nitrogens with zero attached hydrogens (tertiary/aromatic N) is 2. The molecule has 0 amide bonds. The first kappa shape index (κ1) is 30.3. The zero-order valence-corrected chi connectivity index (χ0v) is 22.7. The lowest BCUT2D eigenvalue weighted by Crippen LogP contribution is -2.21. The summed E-state index contributed by atoms with van der Waals surface area (Å²) >= 11 is 0. The summed E-state index contributed by atoms with van der Waals surface area (Å²) in [5.41, 5.74) is 3.67. The van der Waals surface area contributed by atoms with Gasteiger partial charge in [0.1, 0.15) is 17.2 Å². The van der Waals surface area contributed by atoms with E-state index in [2.05, 4.69) is 34.1 Å². The first-order valence-corrected chi connectivity index (χ1v) is 13.3. The smallest absolute Gasteiger partial charge is 0.293 e. The van der Waals surface area contributed by atoms with E-state index in [1.165, 1.54) is 25.7 Å². The van der Waals surface area contributed by atoms with Crippen LogP contribution in [-0.4, -0.2) is 53.2 Å². The average Bonchev–Trinajstić information content (AvgIpc) is 2.99. The van der Waals surface area contributed by atoms with Crippen LogP contribution in [0.25, 0.3) is 11.3 Å². The lowest BCUT2D eigenvalue weighted by Gasteiger charge is -2.22. The minimum Gasteiger partial charge on any atom is -0.507 e. The first-order chi connectivity index (χ1) is 18.0. The molecule has 1 aromatic heterocycles. The fourth-order valence-corrected chi connectivity index (χ4v) is 4.42. The monoisotopic (exact) mass is 517 g/mol. The normalized spacial score (nSPS) is 13.4. The Morgan fingerprint density at radius 3 is 2.62 bits per heavy atom. The molecule has 1 aromatic carbocycles. The number of nitrogens with one attached hydrogen (secondary N) is 1. The fourth-order valence-electron chi connectivity index (χ4n) is 4.42. The number of aromatic nitrogens is 2. The molecule has 2 aromatic rings. The molecule has 0 spiro atoms. The van der Waals surface area contributed by atoms with Crippen LogP contribution in [0.2, 0.25) is 0 Å². The Morgan fingerprint density at radius 2 is 2.00 bits per heavy atom. The molecule has 0 fully saturated rings. The number of aliphatic hydroxyl groups excluding tert-OH is 1. The number of phenols is 1. The molecule has 0 radical (unpaired) electrons. The SMILES string of the molecule is CCCCCC[C@H](CC)Nc1nnc2c(c1CO)CCCOCc1cc(OC)cc(O)c1-2.CCOC=O. The summed E-state index contributed by atoms with van der Waals surface area (Å²) in [6.45, 7) is 7.85. The number of carbonyl (C=O) groups excluding carboxylic acids is 1. The van der Waals surface area contributed by atoms with E-state index < -0.39 is 0 Å². The van der Waals surface area contributed by atoms with Crippen molar-refractivity contribution in [3.05, 3.63) is 28.8 Å². The topological polar surface area (TPSA) is 123 Å². The minimum atomic E-state index is -0.139. The Hall–Kier alpha value is -2.91. The number of aromatic hydroxyl groups is 1. The van der Waals surface area contributed by atoms with Crippen molar-refractivity contribution in [1.29, 1.82) is 0 Å². The fraction of sp³-hybridized carbons (Fsp3) is 0.607. The zero-order valence-electron chi connectivity index (χ0n) is 22.7. The van der Waals surface area contributed by atoms with Crippen molar-refractivity contribution >= 4 is 12.3 Å². The number of hydrogen-bond donors (Lipinski definition) is 3. The second kappa shape index (κ2) is 16.8. The van der Waals surface area contributed by atoms with E-state index in [-0.39, 0.29) is 18.4 Å². The van der Waals surface area contributed by atoms with Crippen LogP contribution in [0.5, 0.6) is 11.5 Å². The van der Waals surface area contributed by atoms with Crippen molar-refractivity contribution in [2.75, 3.05) is 25.6 Å². The van der Waals surface area contributed by atoms with Crippen molar-refractivity contribution in [2.45, 2.75) is 91.4 Å². The third-order valence-corrected chi connectivity index (χ3v) is 6.44. The van der Waals surface area contributed by atoms with Gasteiger partial charge in [-0.25, -0.2) is 0 Å². The van der Waals surface area contributed by atoms with Crippen molar-refractivity contribution in [1.82, 2.24) is 10.2 Å². The molecule has 9 heteroatoms. The van der Waals surface area contributed by atoms with Gasteiger partial charge in [0.2, 0.25) is 0 Å². The average molecular weight is 518 g/mol. The molecular formula is C28H43N3O6. The van der Waals surface area contributed by atoms with Gasteiger partial charge in [-0.05, 0) is 49.8 Å². The van der Waals surface area contributed by atoms with E-state index in [1.807, 2.05) is 6.07 Å². The molecule has 0 aliphatic carbocycles. The summed E-state index contributed by atoms with van der Waals surface area (Å²) in [4.78, 5) is 9.18. The Kier molecular flexibility index (Phi) is 13.7. The highest BCUT2D eigenvalue weighted by Gasteiger charge is 2.24. The number of phenolic OH excluding ortho intramolecular Hbond substituents is 1. The van der Waals surface area contributed by atoms with Crippen LogP contribution in [-0.2, 0) is 33.9 Å². The van der Waals surface area contributed by atoms with Gasteiger partial charge in [0.15, 0.2) is 5.82 Å². The van der Waals surface area contributed by atoms with Gasteiger partial charge in [-0.1, -0.05) is 39.5 Å². The molecule has 3 rings (SSSR count). The van der Waals surface area contributed by atoms with E-state index in [0.717, 1.165) is 36.0 Å². The molecule has 0 bridgehead atoms. The number of hydrogen-bond acceptors (Lipinski definition) is 9. The summed E-state index contributed by atoms with van der Waals surface area (Å²) in [7, 11) is 1.57. The van der Waals surface area contributed by atoms with Crippen molar-refractivity contribution in [3.63, 3.8) is 0 Å². The Morgan fingerprint density at radius 1 is 1.19 bits per heavy atom. The maximum atomic E-state index is 10.8. The number of benzene rings is 1. The summed E-state index contributed by atoms with van der Waals surface area (Å²) in [5.74, 6) is 1.28. The summed E-state index contributed by atoms with van der Waals surface area (Å²) < 4.78 is 15.3. The Labute approximate surface area is 220 Å². The van der Waals surface area contributed by atoms with Crippen molar-refractivity contribution in [3.8, 4) is 22.8 Å². The van der Waals surface area contributed by atoms with E-state index in [4.69, 9.17) is 9.47 Å². The Balaban J connectivity index is 0.000000877.